The Hall–Kier alpha value is -1.49. The van der Waals surface area contributed by atoms with Gasteiger partial charge in [0.25, 0.3) is 0 Å². The van der Waals surface area contributed by atoms with Gasteiger partial charge in [-0.05, 0) is 0 Å². The minimum absolute atomic E-state index is 0. The van der Waals surface area contributed by atoms with Crippen LogP contribution in [0.15, 0.2) is 110 Å². The minimum Gasteiger partial charge on any atom is -0.654 e. The van der Waals surface area contributed by atoms with Crippen molar-refractivity contribution in [3.63, 3.8) is 0 Å². The molecule has 2 aromatic rings. The third-order valence-electron chi connectivity index (χ3n) is 5.14. The third kappa shape index (κ3) is 10.9. The molecule has 0 N–H and O–H groups in total. The summed E-state index contributed by atoms with van der Waals surface area (Å²) in [7, 11) is 0. The molecule has 4 atom stereocenters. The van der Waals surface area contributed by atoms with E-state index in [0.717, 1.165) is 12.8 Å². The number of allylic oxidation sites excluding steroid dienone is 4. The number of nitrogens with zero attached hydrogens (tertiary/aromatic N) is 2. The molecule has 0 amide bonds. The zero-order valence-corrected chi connectivity index (χ0v) is 20.3. The van der Waals surface area contributed by atoms with E-state index >= 15 is 0 Å². The van der Waals surface area contributed by atoms with E-state index in [4.69, 9.17) is 10.6 Å². The molecule has 0 aliphatic carbocycles. The Labute approximate surface area is 219 Å². The number of hydrogen-bond donors (Lipinski definition) is 0. The molecule has 0 aliphatic rings. The molecule has 0 aromatic heterocycles. The predicted molar refractivity (Wildman–Crippen MR) is 132 cm³/mol. The van der Waals surface area contributed by atoms with Crippen LogP contribution in [0.3, 0.4) is 0 Å². The summed E-state index contributed by atoms with van der Waals surface area (Å²) in [4.78, 5) is 0. The van der Waals surface area contributed by atoms with Crippen LogP contribution in [0, 0.1) is 0 Å². The molecular weight excluding hydrogens is 378 g/mol. The van der Waals surface area contributed by atoms with E-state index in [9.17, 15) is 0 Å². The fourth-order valence-corrected chi connectivity index (χ4v) is 3.47. The maximum atomic E-state index is 5.21. The van der Waals surface area contributed by atoms with Gasteiger partial charge in [0.2, 0.25) is 0 Å². The molecule has 0 radical (unpaired) electrons. The van der Waals surface area contributed by atoms with Gasteiger partial charge in [-0.1, -0.05) is 148 Å². The van der Waals surface area contributed by atoms with Crippen LogP contribution in [-0.4, -0.2) is 12.1 Å². The van der Waals surface area contributed by atoms with Crippen LogP contribution in [-0.2, 0) is 0 Å². The second-order valence-corrected chi connectivity index (χ2v) is 7.41. The Morgan fingerprint density at radius 2 is 1.00 bits per heavy atom. The molecule has 2 aromatic carbocycles. The first-order valence-electron chi connectivity index (χ1n) is 10.7. The molecule has 0 spiro atoms. The second-order valence-electron chi connectivity index (χ2n) is 7.41. The molecule has 0 aliphatic heterocycles. The molecule has 0 fully saturated rings. The Morgan fingerprint density at radius 3 is 1.31 bits per heavy atom. The molecule has 0 unspecified atom stereocenters. The van der Waals surface area contributed by atoms with Gasteiger partial charge in [0.1, 0.15) is 0 Å². The Morgan fingerprint density at radius 1 is 0.656 bits per heavy atom. The summed E-state index contributed by atoms with van der Waals surface area (Å²) in [5.74, 6) is 0. The molecule has 0 saturated heterocycles. The average Bonchev–Trinajstić information content (AvgIpc) is 2.79. The van der Waals surface area contributed by atoms with Gasteiger partial charge in [0.05, 0.1) is 0 Å². The van der Waals surface area contributed by atoms with E-state index in [1.807, 2.05) is 36.4 Å². The van der Waals surface area contributed by atoms with Crippen LogP contribution in [0.25, 0.3) is 10.6 Å². The maximum absolute atomic E-state index is 5.21. The van der Waals surface area contributed by atoms with Crippen molar-refractivity contribution in [3.8, 4) is 0 Å². The van der Waals surface area contributed by atoms with Gasteiger partial charge in [-0.2, -0.15) is 0 Å². The van der Waals surface area contributed by atoms with Crippen molar-refractivity contribution in [2.45, 2.75) is 50.9 Å². The second kappa shape index (κ2) is 18.0. The summed E-state index contributed by atoms with van der Waals surface area (Å²) in [5.41, 5.74) is 2.46. The molecule has 2 rings (SSSR count). The predicted octanol–water partition coefficient (Wildman–Crippen LogP) is 2.27. The van der Waals surface area contributed by atoms with Crippen molar-refractivity contribution in [2.75, 3.05) is 0 Å². The molecule has 158 valence electrons. The van der Waals surface area contributed by atoms with Crippen LogP contribution in [0.1, 0.15) is 49.9 Å². The summed E-state index contributed by atoms with van der Waals surface area (Å²) < 4.78 is 0. The summed E-state index contributed by atoms with van der Waals surface area (Å²) in [6.07, 6.45) is 13.6. The van der Waals surface area contributed by atoms with E-state index in [1.165, 1.54) is 11.1 Å². The molecule has 0 saturated carbocycles. The van der Waals surface area contributed by atoms with Crippen LogP contribution in [0.4, 0.5) is 0 Å². The summed E-state index contributed by atoms with van der Waals surface area (Å²) in [5, 5.41) is 10.4. The monoisotopic (exact) mass is 412 g/mol. The van der Waals surface area contributed by atoms with Gasteiger partial charge in [0, 0.05) is 0 Å². The van der Waals surface area contributed by atoms with Crippen LogP contribution in [0.2, 0.25) is 0 Å². The standard InChI is InChI=1S/C28H34N2.2Li/c1-5-7-11-21-27(29-23(3)25-17-13-9-14-18-25)28(22-12-8-6-2)30-24(4)26-19-15-10-16-20-26;;/h5-20,23-24,27-28H,1-2,21-22H2,3-4H3;;/q-2;2*+1/b11-7+,12-8+;;/t23-,24-,27+,28+;;/m0../s1. The smallest absolute Gasteiger partial charge is 0.654 e. The van der Waals surface area contributed by atoms with Gasteiger partial charge in [-0.3, -0.25) is 0 Å². The zero-order chi connectivity index (χ0) is 21.6. The minimum atomic E-state index is 0. The van der Waals surface area contributed by atoms with E-state index in [0.29, 0.717) is 0 Å². The van der Waals surface area contributed by atoms with Crippen LogP contribution >= 0.6 is 0 Å². The fourth-order valence-electron chi connectivity index (χ4n) is 3.47. The normalized spacial score (nSPS) is 14.7. The Bertz CT molecular complexity index is 733. The molecule has 0 bridgehead atoms. The quantitative estimate of drug-likeness (QED) is 0.357. The zero-order valence-electron chi connectivity index (χ0n) is 20.3. The first-order chi connectivity index (χ1) is 14.7. The van der Waals surface area contributed by atoms with Crippen molar-refractivity contribution in [2.24, 2.45) is 0 Å². The molecule has 2 nitrogen and oxygen atoms in total. The van der Waals surface area contributed by atoms with E-state index in [2.05, 4.69) is 87.7 Å². The average molecular weight is 412 g/mol. The SMILES string of the molecule is C=C/C=C/C[C@@H]([N-][C@@H](C)c1ccccc1)[C@@H](C/C=C/C=C)[N-][C@@H](C)c1ccccc1.[Li+].[Li+]. The van der Waals surface area contributed by atoms with Crippen molar-refractivity contribution in [1.29, 1.82) is 0 Å². The van der Waals surface area contributed by atoms with E-state index in [1.54, 1.807) is 0 Å². The number of hydrogen-bond acceptors (Lipinski definition) is 0. The van der Waals surface area contributed by atoms with Crippen LogP contribution in [0.5, 0.6) is 0 Å². The molecule has 32 heavy (non-hydrogen) atoms. The topological polar surface area (TPSA) is 28.2 Å². The summed E-state index contributed by atoms with van der Waals surface area (Å²) in [6, 6.07) is 21.3. The Balaban J connectivity index is 0.00000480. The molecule has 0 heterocycles. The van der Waals surface area contributed by atoms with Crippen molar-refractivity contribution in [3.05, 3.63) is 132 Å². The van der Waals surface area contributed by atoms with E-state index in [-0.39, 0.29) is 61.9 Å². The van der Waals surface area contributed by atoms with Crippen molar-refractivity contribution in [1.82, 2.24) is 0 Å². The first kappa shape index (κ1) is 30.5. The largest absolute Gasteiger partial charge is 1.00 e. The number of benzene rings is 2. The maximum Gasteiger partial charge on any atom is 1.00 e. The molecule has 4 heteroatoms. The first-order valence-corrected chi connectivity index (χ1v) is 10.7. The van der Waals surface area contributed by atoms with Gasteiger partial charge >= 0.3 is 37.7 Å². The number of rotatable bonds is 13. The van der Waals surface area contributed by atoms with Crippen molar-refractivity contribution >= 4 is 0 Å². The van der Waals surface area contributed by atoms with E-state index < -0.39 is 0 Å². The van der Waals surface area contributed by atoms with Crippen molar-refractivity contribution < 1.29 is 37.7 Å². The van der Waals surface area contributed by atoms with Gasteiger partial charge < -0.3 is 10.6 Å². The third-order valence-corrected chi connectivity index (χ3v) is 5.14. The summed E-state index contributed by atoms with van der Waals surface area (Å²) in [6.45, 7) is 11.9. The van der Waals surface area contributed by atoms with Gasteiger partial charge in [-0.15, -0.1) is 24.2 Å². The summed E-state index contributed by atoms with van der Waals surface area (Å²) >= 11 is 0. The molecular formula is C28H34Li2N2. The van der Waals surface area contributed by atoms with Gasteiger partial charge in [-0.25, -0.2) is 0 Å². The van der Waals surface area contributed by atoms with Gasteiger partial charge in [0.15, 0.2) is 0 Å². The Kier molecular flexibility index (Phi) is 17.2. The fraction of sp³-hybridized carbons (Fsp3) is 0.286. The van der Waals surface area contributed by atoms with Crippen LogP contribution < -0.4 is 37.7 Å².